The summed E-state index contributed by atoms with van der Waals surface area (Å²) < 4.78 is 15.3. The monoisotopic (exact) mass is 536 g/mol. The molecule has 4 heterocycles. The number of nitrogens with zero attached hydrogens (tertiary/aromatic N) is 10. The van der Waals surface area contributed by atoms with Gasteiger partial charge in [0, 0.05) is 10.8 Å². The molecule has 14 heteroatoms. The molecule has 1 aromatic carbocycles. The smallest absolute Gasteiger partial charge is 0.280 e. The number of hydrogen-bond donors (Lipinski definition) is 0. The lowest BCUT2D eigenvalue weighted by molar-refractivity contribution is -0.0321. The Labute approximate surface area is 220 Å². The predicted octanol–water partition coefficient (Wildman–Crippen LogP) is 5.69. The first-order valence-corrected chi connectivity index (χ1v) is 15.6. The van der Waals surface area contributed by atoms with E-state index in [0.717, 1.165) is 6.42 Å². The average Bonchev–Trinajstić information content (AvgIpc) is 3.55. The van der Waals surface area contributed by atoms with Gasteiger partial charge in [-0.1, -0.05) is 51.6 Å². The van der Waals surface area contributed by atoms with Crippen LogP contribution in [0.15, 0.2) is 35.7 Å². The normalized spacial score (nSPS) is 22.2. The third-order valence-electron chi connectivity index (χ3n) is 7.62. The molecule has 1 aliphatic rings. The van der Waals surface area contributed by atoms with E-state index < -0.39 is 14.5 Å². The summed E-state index contributed by atoms with van der Waals surface area (Å²) in [7, 11) is -2.14. The second-order valence-electron chi connectivity index (χ2n) is 11.1. The number of azide groups is 1. The molecule has 4 aromatic rings. The molecule has 200 valence electrons. The zero-order chi connectivity index (χ0) is 27.2. The van der Waals surface area contributed by atoms with Crippen molar-refractivity contribution < 1.29 is 14.0 Å². The van der Waals surface area contributed by atoms with Crippen molar-refractivity contribution in [3.05, 3.63) is 41.0 Å². The summed E-state index contributed by atoms with van der Waals surface area (Å²) in [5.41, 5.74) is 11.2. The standard InChI is InChI=1S/C24H32N10O3Si/c1-8-17-14(2)19(37-38(6,7)24(3,4)5)22(35-17)33-13-26-18-20(33)27-23(30-31-25)28-21(18)36-34-16-12-10-9-11-15(16)29-32-34/h9-14,17,19,22H,8H2,1-7H3/t14-,17+,19?,22+/m0/s1. The Hall–Kier alpha value is -3.58. The van der Waals surface area contributed by atoms with Gasteiger partial charge < -0.3 is 14.0 Å². The van der Waals surface area contributed by atoms with Gasteiger partial charge >= 0.3 is 0 Å². The van der Waals surface area contributed by atoms with Crippen molar-refractivity contribution in [2.75, 3.05) is 0 Å². The molecule has 0 spiro atoms. The van der Waals surface area contributed by atoms with Crippen molar-refractivity contribution in [1.29, 1.82) is 0 Å². The molecule has 0 radical (unpaired) electrons. The minimum absolute atomic E-state index is 0.00267. The van der Waals surface area contributed by atoms with Crippen LogP contribution in [0.25, 0.3) is 32.6 Å². The molecule has 1 fully saturated rings. The Balaban J connectivity index is 1.60. The third kappa shape index (κ3) is 4.49. The maximum absolute atomic E-state index is 9.11. The quantitative estimate of drug-likeness (QED) is 0.126. The largest absolute Gasteiger partial charge is 0.409 e. The molecular weight excluding hydrogens is 504 g/mol. The van der Waals surface area contributed by atoms with Gasteiger partial charge in [0.15, 0.2) is 25.7 Å². The van der Waals surface area contributed by atoms with Gasteiger partial charge in [0.05, 0.1) is 18.5 Å². The van der Waals surface area contributed by atoms with Crippen molar-refractivity contribution >= 4 is 36.5 Å². The van der Waals surface area contributed by atoms with Gasteiger partial charge in [-0.25, -0.2) is 9.97 Å². The molecule has 3 aromatic heterocycles. The number of fused-ring (bicyclic) bond motifs is 2. The summed E-state index contributed by atoms with van der Waals surface area (Å²) in [4.78, 5) is 23.5. The molecule has 0 aliphatic carbocycles. The summed E-state index contributed by atoms with van der Waals surface area (Å²) in [6.45, 7) is 15.4. The van der Waals surface area contributed by atoms with E-state index >= 15 is 0 Å². The lowest BCUT2D eigenvalue weighted by atomic mass is 9.99. The van der Waals surface area contributed by atoms with E-state index in [9.17, 15) is 0 Å². The number of benzene rings is 1. The predicted molar refractivity (Wildman–Crippen MR) is 143 cm³/mol. The summed E-state index contributed by atoms with van der Waals surface area (Å²) >= 11 is 0. The van der Waals surface area contributed by atoms with Crippen LogP contribution in [0, 0.1) is 5.92 Å². The first kappa shape index (κ1) is 26.0. The molecule has 0 bridgehead atoms. The average molecular weight is 537 g/mol. The summed E-state index contributed by atoms with van der Waals surface area (Å²) in [5.74, 6) is 0.111. The van der Waals surface area contributed by atoms with Gasteiger partial charge in [0.2, 0.25) is 5.95 Å². The summed E-state index contributed by atoms with van der Waals surface area (Å²) in [6, 6.07) is 7.36. The van der Waals surface area contributed by atoms with Crippen molar-refractivity contribution in [1.82, 2.24) is 34.7 Å². The van der Waals surface area contributed by atoms with Crippen molar-refractivity contribution in [3.8, 4) is 5.88 Å². The molecule has 1 aliphatic heterocycles. The van der Waals surface area contributed by atoms with E-state index in [-0.39, 0.29) is 35.0 Å². The number of rotatable bonds is 7. The molecule has 0 amide bonds. The fourth-order valence-electron chi connectivity index (χ4n) is 4.44. The van der Waals surface area contributed by atoms with Crippen LogP contribution in [-0.2, 0) is 9.16 Å². The molecule has 38 heavy (non-hydrogen) atoms. The first-order chi connectivity index (χ1) is 18.0. The lowest BCUT2D eigenvalue weighted by Crippen LogP contribution is -2.46. The number of aromatic nitrogens is 7. The van der Waals surface area contributed by atoms with E-state index in [1.54, 1.807) is 6.33 Å². The molecule has 1 saturated heterocycles. The minimum Gasteiger partial charge on any atom is -0.409 e. The molecule has 5 rings (SSSR count). The maximum Gasteiger partial charge on any atom is 0.280 e. The van der Waals surface area contributed by atoms with Gasteiger partial charge in [-0.05, 0) is 52.5 Å². The fraction of sp³-hybridized carbons (Fsp3) is 0.542. The van der Waals surface area contributed by atoms with Crippen molar-refractivity contribution in [2.24, 2.45) is 11.0 Å². The van der Waals surface area contributed by atoms with Crippen molar-refractivity contribution in [2.45, 2.75) is 77.6 Å². The van der Waals surface area contributed by atoms with Crippen LogP contribution in [0.4, 0.5) is 5.95 Å². The lowest BCUT2D eigenvalue weighted by Gasteiger charge is -2.40. The zero-order valence-corrected chi connectivity index (χ0v) is 23.6. The molecule has 4 atom stereocenters. The van der Waals surface area contributed by atoms with E-state index in [2.05, 4.69) is 83.0 Å². The van der Waals surface area contributed by atoms with E-state index in [1.807, 2.05) is 28.8 Å². The Morgan fingerprint density at radius 3 is 2.68 bits per heavy atom. The highest BCUT2D eigenvalue weighted by atomic mass is 28.4. The molecule has 13 nitrogen and oxygen atoms in total. The van der Waals surface area contributed by atoms with Crippen LogP contribution in [0.2, 0.25) is 18.1 Å². The van der Waals surface area contributed by atoms with Crippen LogP contribution in [0.3, 0.4) is 0 Å². The van der Waals surface area contributed by atoms with E-state index in [0.29, 0.717) is 22.2 Å². The fourth-order valence-corrected chi connectivity index (χ4v) is 5.80. The number of imidazole rings is 1. The number of ether oxygens (including phenoxy) is 1. The van der Waals surface area contributed by atoms with Crippen molar-refractivity contribution in [3.63, 3.8) is 0 Å². The Bertz CT molecular complexity index is 1520. The van der Waals surface area contributed by atoms with Gasteiger partial charge in [-0.3, -0.25) is 4.57 Å². The van der Waals surface area contributed by atoms with E-state index in [1.165, 1.54) is 4.85 Å². The van der Waals surface area contributed by atoms with Gasteiger partial charge in [-0.2, -0.15) is 4.98 Å². The maximum atomic E-state index is 9.11. The minimum atomic E-state index is -2.14. The van der Waals surface area contributed by atoms with Crippen LogP contribution in [0.1, 0.15) is 47.3 Å². The molecule has 0 N–H and O–H groups in total. The Morgan fingerprint density at radius 2 is 1.97 bits per heavy atom. The van der Waals surface area contributed by atoms with Gasteiger partial charge in [0.1, 0.15) is 11.0 Å². The first-order valence-electron chi connectivity index (χ1n) is 12.7. The van der Waals surface area contributed by atoms with Gasteiger partial charge in [0.25, 0.3) is 5.88 Å². The van der Waals surface area contributed by atoms with Gasteiger partial charge in [-0.15, -0.1) is 5.10 Å². The molecule has 0 saturated carbocycles. The van der Waals surface area contributed by atoms with Crippen LogP contribution < -0.4 is 4.84 Å². The number of para-hydroxylation sites is 1. The second-order valence-corrected chi connectivity index (χ2v) is 15.8. The summed E-state index contributed by atoms with van der Waals surface area (Å²) in [6.07, 6.45) is 1.78. The van der Waals surface area contributed by atoms with E-state index in [4.69, 9.17) is 19.5 Å². The van der Waals surface area contributed by atoms with Crippen LogP contribution in [0.5, 0.6) is 5.88 Å². The summed E-state index contributed by atoms with van der Waals surface area (Å²) in [5, 5.41) is 11.9. The Kier molecular flexibility index (Phi) is 6.59. The highest BCUT2D eigenvalue weighted by Gasteiger charge is 2.49. The molecular formula is C24H32N10O3Si. The second kappa shape index (κ2) is 9.62. The zero-order valence-electron chi connectivity index (χ0n) is 22.6. The topological polar surface area (TPSA) is 151 Å². The SMILES string of the molecule is CC[C@H]1O[C@@H](n2cnc3c(On4nnc5ccccc54)nc(N=[N+]=[N-])nc32)C(O[Si](C)(C)C(C)(C)C)[C@H]1C. The number of hydrogen-bond acceptors (Lipinski definition) is 9. The van der Waals surface area contributed by atoms with Crippen LogP contribution in [-0.4, -0.2) is 55.2 Å². The third-order valence-corrected chi connectivity index (χ3v) is 12.1. The highest BCUT2D eigenvalue weighted by molar-refractivity contribution is 6.74. The van der Waals surface area contributed by atoms with Crippen LogP contribution >= 0.6 is 0 Å². The molecule has 1 unspecified atom stereocenters. The highest BCUT2D eigenvalue weighted by Crippen LogP contribution is 2.45. The Morgan fingerprint density at radius 1 is 1.21 bits per heavy atom.